The molecular formula is C24H28N2O2. The Morgan fingerprint density at radius 3 is 2.36 bits per heavy atom. The van der Waals surface area contributed by atoms with E-state index in [-0.39, 0.29) is 17.6 Å². The molecule has 1 aliphatic heterocycles. The molecule has 1 amide bonds. The third kappa shape index (κ3) is 3.15. The second-order valence-electron chi connectivity index (χ2n) is 8.59. The first-order valence-electron chi connectivity index (χ1n) is 10.6. The maximum absolute atomic E-state index is 13.5. The fourth-order valence-electron chi connectivity index (χ4n) is 4.99. The smallest absolute Gasteiger partial charge is 0.261 e. The van der Waals surface area contributed by atoms with Crippen LogP contribution in [0.25, 0.3) is 0 Å². The van der Waals surface area contributed by atoms with Gasteiger partial charge in [-0.05, 0) is 30.5 Å². The van der Waals surface area contributed by atoms with Crippen molar-refractivity contribution in [2.45, 2.75) is 62.3 Å². The molecule has 0 radical (unpaired) electrons. The molecule has 1 heterocycles. The van der Waals surface area contributed by atoms with Gasteiger partial charge in [0.1, 0.15) is 0 Å². The van der Waals surface area contributed by atoms with Crippen molar-refractivity contribution >= 4 is 11.6 Å². The number of morpholine rings is 1. The second kappa shape index (κ2) is 7.02. The average Bonchev–Trinajstić information content (AvgIpc) is 3.44. The van der Waals surface area contributed by atoms with Gasteiger partial charge in [0.25, 0.3) is 5.91 Å². The third-order valence-electron chi connectivity index (χ3n) is 6.59. The molecule has 2 saturated carbocycles. The molecule has 2 aliphatic carbocycles. The van der Waals surface area contributed by atoms with Gasteiger partial charge in [0, 0.05) is 24.7 Å². The first-order valence-corrected chi connectivity index (χ1v) is 10.6. The highest BCUT2D eigenvalue weighted by atomic mass is 16.5. The zero-order chi connectivity index (χ0) is 19.0. The van der Waals surface area contributed by atoms with Crippen LogP contribution in [-0.2, 0) is 16.1 Å². The number of hydrogen-bond donors (Lipinski definition) is 1. The van der Waals surface area contributed by atoms with E-state index in [9.17, 15) is 4.79 Å². The highest BCUT2D eigenvalue weighted by Gasteiger charge is 2.68. The van der Waals surface area contributed by atoms with Crippen LogP contribution in [0.2, 0.25) is 0 Å². The van der Waals surface area contributed by atoms with Crippen LogP contribution in [0.4, 0.5) is 5.69 Å². The minimum atomic E-state index is -0.694. The first-order chi connectivity index (χ1) is 13.7. The van der Waals surface area contributed by atoms with E-state index in [1.165, 1.54) is 24.8 Å². The van der Waals surface area contributed by atoms with Gasteiger partial charge >= 0.3 is 0 Å². The van der Waals surface area contributed by atoms with Crippen LogP contribution in [0, 0.1) is 0 Å². The van der Waals surface area contributed by atoms with Gasteiger partial charge in [-0.2, -0.15) is 0 Å². The van der Waals surface area contributed by atoms with E-state index in [4.69, 9.17) is 4.74 Å². The van der Waals surface area contributed by atoms with Crippen molar-refractivity contribution in [2.24, 2.45) is 0 Å². The Labute approximate surface area is 166 Å². The third-order valence-corrected chi connectivity index (χ3v) is 6.59. The van der Waals surface area contributed by atoms with Crippen molar-refractivity contribution in [1.82, 2.24) is 5.32 Å². The fourth-order valence-corrected chi connectivity index (χ4v) is 4.99. The number of para-hydroxylation sites is 1. The number of anilines is 1. The minimum Gasteiger partial charge on any atom is -0.355 e. The summed E-state index contributed by atoms with van der Waals surface area (Å²) in [6, 6.07) is 20.6. The Bertz CT molecular complexity index is 832. The Kier molecular flexibility index (Phi) is 4.48. The Morgan fingerprint density at radius 2 is 1.64 bits per heavy atom. The van der Waals surface area contributed by atoms with Gasteiger partial charge in [0.05, 0.1) is 12.1 Å². The van der Waals surface area contributed by atoms with Crippen molar-refractivity contribution in [2.75, 3.05) is 11.4 Å². The standard InChI is InChI=1S/C24H28N2O2/c27-22-24(16-21(24)25-17-19-10-4-1-5-11-19)28-23(14-8-3-9-15-23)18-26(22)20-12-6-2-7-13-20/h1-2,4-7,10-13,21,25H,3,8-9,14-18H2. The first kappa shape index (κ1) is 17.9. The van der Waals surface area contributed by atoms with Crippen LogP contribution < -0.4 is 10.2 Å². The number of ether oxygens (including phenoxy) is 1. The summed E-state index contributed by atoms with van der Waals surface area (Å²) < 4.78 is 6.72. The van der Waals surface area contributed by atoms with Gasteiger partial charge in [0.2, 0.25) is 0 Å². The molecule has 1 saturated heterocycles. The quantitative estimate of drug-likeness (QED) is 0.875. The van der Waals surface area contributed by atoms with Crippen molar-refractivity contribution in [3.05, 3.63) is 66.2 Å². The molecule has 2 aromatic carbocycles. The Balaban J connectivity index is 1.39. The lowest BCUT2D eigenvalue weighted by Gasteiger charge is -2.48. The summed E-state index contributed by atoms with van der Waals surface area (Å²) in [6.45, 7) is 1.45. The van der Waals surface area contributed by atoms with Crippen molar-refractivity contribution in [1.29, 1.82) is 0 Å². The molecule has 2 unspecified atom stereocenters. The van der Waals surface area contributed by atoms with Gasteiger partial charge in [-0.3, -0.25) is 4.79 Å². The summed E-state index contributed by atoms with van der Waals surface area (Å²) in [4.78, 5) is 15.5. The number of benzene rings is 2. The van der Waals surface area contributed by atoms with Gasteiger partial charge < -0.3 is 15.0 Å². The number of carbonyl (C=O) groups excluding carboxylic acids is 1. The van der Waals surface area contributed by atoms with Gasteiger partial charge in [-0.1, -0.05) is 67.8 Å². The molecule has 5 rings (SSSR count). The summed E-state index contributed by atoms with van der Waals surface area (Å²) in [5.41, 5.74) is 1.35. The van der Waals surface area contributed by atoms with E-state index in [1.54, 1.807) is 0 Å². The SMILES string of the molecule is O=C1N(c2ccccc2)CC2(CCCCC2)OC12CC2NCc1ccccc1. The van der Waals surface area contributed by atoms with E-state index in [2.05, 4.69) is 29.6 Å². The van der Waals surface area contributed by atoms with E-state index in [0.29, 0.717) is 6.54 Å². The summed E-state index contributed by atoms with van der Waals surface area (Å²) in [6.07, 6.45) is 6.52. The summed E-state index contributed by atoms with van der Waals surface area (Å²) in [5.74, 6) is 0.125. The highest BCUT2D eigenvalue weighted by molar-refractivity contribution is 6.03. The minimum absolute atomic E-state index is 0.0884. The molecule has 1 N–H and O–H groups in total. The van der Waals surface area contributed by atoms with Crippen LogP contribution in [0.3, 0.4) is 0 Å². The summed E-state index contributed by atoms with van der Waals surface area (Å²) >= 11 is 0. The van der Waals surface area contributed by atoms with Crippen LogP contribution in [0.5, 0.6) is 0 Å². The van der Waals surface area contributed by atoms with E-state index in [0.717, 1.165) is 31.5 Å². The number of nitrogens with one attached hydrogen (secondary N) is 1. The lowest BCUT2D eigenvalue weighted by Crippen LogP contribution is -2.62. The number of amides is 1. The normalized spacial score (nSPS) is 28.6. The molecule has 2 spiro atoms. The average molecular weight is 376 g/mol. The second-order valence-corrected chi connectivity index (χ2v) is 8.59. The van der Waals surface area contributed by atoms with Crippen LogP contribution in [0.15, 0.2) is 60.7 Å². The number of hydrogen-bond acceptors (Lipinski definition) is 3. The molecule has 146 valence electrons. The monoisotopic (exact) mass is 376 g/mol. The fraction of sp³-hybridized carbons (Fsp3) is 0.458. The lowest BCUT2D eigenvalue weighted by atomic mass is 9.82. The summed E-state index contributed by atoms with van der Waals surface area (Å²) in [5, 5.41) is 3.59. The molecule has 4 nitrogen and oxygen atoms in total. The molecule has 0 aromatic heterocycles. The molecule has 28 heavy (non-hydrogen) atoms. The van der Waals surface area contributed by atoms with Crippen molar-refractivity contribution in [3.8, 4) is 0 Å². The van der Waals surface area contributed by atoms with Crippen LogP contribution in [0.1, 0.15) is 44.1 Å². The van der Waals surface area contributed by atoms with Crippen LogP contribution >= 0.6 is 0 Å². The molecule has 2 atom stereocenters. The van der Waals surface area contributed by atoms with Gasteiger partial charge in [0.15, 0.2) is 5.60 Å². The maximum atomic E-state index is 13.5. The molecule has 3 fully saturated rings. The maximum Gasteiger partial charge on any atom is 0.261 e. The molecule has 3 aliphatic rings. The Morgan fingerprint density at radius 1 is 0.964 bits per heavy atom. The Hall–Kier alpha value is -2.17. The van der Waals surface area contributed by atoms with Crippen molar-refractivity contribution < 1.29 is 9.53 Å². The topological polar surface area (TPSA) is 41.6 Å². The number of nitrogens with zero attached hydrogens (tertiary/aromatic N) is 1. The highest BCUT2D eigenvalue weighted by Crippen LogP contribution is 2.52. The zero-order valence-electron chi connectivity index (χ0n) is 16.3. The van der Waals surface area contributed by atoms with Gasteiger partial charge in [-0.15, -0.1) is 0 Å². The summed E-state index contributed by atoms with van der Waals surface area (Å²) in [7, 11) is 0. The molecular weight excluding hydrogens is 348 g/mol. The predicted molar refractivity (Wildman–Crippen MR) is 110 cm³/mol. The van der Waals surface area contributed by atoms with Crippen LogP contribution in [-0.4, -0.2) is 29.7 Å². The number of rotatable bonds is 4. The molecule has 0 bridgehead atoms. The van der Waals surface area contributed by atoms with Crippen molar-refractivity contribution in [3.63, 3.8) is 0 Å². The number of carbonyl (C=O) groups is 1. The van der Waals surface area contributed by atoms with E-state index >= 15 is 0 Å². The van der Waals surface area contributed by atoms with E-state index < -0.39 is 5.60 Å². The van der Waals surface area contributed by atoms with E-state index in [1.807, 2.05) is 41.3 Å². The zero-order valence-corrected chi connectivity index (χ0v) is 16.3. The molecule has 4 heteroatoms. The largest absolute Gasteiger partial charge is 0.355 e. The molecule has 2 aromatic rings. The van der Waals surface area contributed by atoms with Gasteiger partial charge in [-0.25, -0.2) is 0 Å². The lowest BCUT2D eigenvalue weighted by molar-refractivity contribution is -0.170. The predicted octanol–water partition coefficient (Wildman–Crippen LogP) is 4.05.